The highest BCUT2D eigenvalue weighted by molar-refractivity contribution is 14.1. The topological polar surface area (TPSA) is 97.5 Å². The van der Waals surface area contributed by atoms with Crippen molar-refractivity contribution in [1.29, 1.82) is 0 Å². The van der Waals surface area contributed by atoms with Gasteiger partial charge in [-0.2, -0.15) is 0 Å². The number of nitrogens with zero attached hydrogens (tertiary/aromatic N) is 1. The molecule has 0 unspecified atom stereocenters. The Morgan fingerprint density at radius 3 is 2.32 bits per heavy atom. The summed E-state index contributed by atoms with van der Waals surface area (Å²) >= 11 is 7.39. The predicted molar refractivity (Wildman–Crippen MR) is 80.1 cm³/mol. The second kappa shape index (κ2) is 5.90. The normalized spacial score (nSPS) is 16.6. The van der Waals surface area contributed by atoms with Gasteiger partial charge in [0.2, 0.25) is 2.21 Å². The summed E-state index contributed by atoms with van der Waals surface area (Å²) in [7, 11) is -3.70. The Balaban J connectivity index is 3.13. The first-order valence-electron chi connectivity index (χ1n) is 5.16. The van der Waals surface area contributed by atoms with Crippen LogP contribution in [-0.2, 0) is 9.84 Å². The van der Waals surface area contributed by atoms with E-state index in [0.29, 0.717) is 0 Å². The summed E-state index contributed by atoms with van der Waals surface area (Å²) in [5, 5.41) is 20.6. The molecule has 1 aromatic rings. The number of benzene rings is 1. The van der Waals surface area contributed by atoms with Crippen LogP contribution in [0.25, 0.3) is 0 Å². The number of aliphatic hydroxyl groups excluding tert-OH is 1. The van der Waals surface area contributed by atoms with E-state index in [1.54, 1.807) is 0 Å². The molecule has 1 rings (SSSR count). The third kappa shape index (κ3) is 3.36. The second-order valence-electron chi connectivity index (χ2n) is 3.72. The molecule has 0 heterocycles. The molecule has 6 nitrogen and oxygen atoms in total. The Kier molecular flexibility index (Phi) is 5.15. The average Bonchev–Trinajstić information content (AvgIpc) is 2.37. The average molecular weight is 420 g/mol. The van der Waals surface area contributed by atoms with E-state index in [9.17, 15) is 23.6 Å². The van der Waals surface area contributed by atoms with Gasteiger partial charge in [-0.1, -0.05) is 18.5 Å². The van der Waals surface area contributed by atoms with Crippen molar-refractivity contribution < 1.29 is 18.4 Å². The Bertz CT molecular complexity index is 572. The van der Waals surface area contributed by atoms with Gasteiger partial charge in [0.1, 0.15) is 6.10 Å². The number of rotatable bonds is 5. The summed E-state index contributed by atoms with van der Waals surface area (Å²) in [6, 6.07) is 4.93. The predicted octanol–water partition coefficient (Wildman–Crippen LogP) is 2.39. The van der Waals surface area contributed by atoms with E-state index in [4.69, 9.17) is 11.6 Å². The molecule has 0 saturated heterocycles. The number of halogens is 2. The summed E-state index contributed by atoms with van der Waals surface area (Å²) in [5.74, 6) is -0.219. The monoisotopic (exact) mass is 419 g/mol. The maximum Gasteiger partial charge on any atom is 0.269 e. The number of nitro groups is 1. The van der Waals surface area contributed by atoms with E-state index in [1.165, 1.54) is 53.8 Å². The number of alkyl halides is 2. The minimum atomic E-state index is -3.70. The summed E-state index contributed by atoms with van der Waals surface area (Å²) in [5.41, 5.74) is 0.0509. The van der Waals surface area contributed by atoms with Crippen LogP contribution in [0.15, 0.2) is 24.3 Å². The molecular formula is C10H11ClINO5S. The summed E-state index contributed by atoms with van der Waals surface area (Å²) in [4.78, 5) is 9.92. The lowest BCUT2D eigenvalue weighted by molar-refractivity contribution is -0.384. The lowest BCUT2D eigenvalue weighted by Crippen LogP contribution is -2.34. The smallest absolute Gasteiger partial charge is 0.269 e. The first kappa shape index (κ1) is 16.6. The van der Waals surface area contributed by atoms with Crippen molar-refractivity contribution in [2.75, 3.05) is 5.75 Å². The fraction of sp³-hybridized carbons (Fsp3) is 0.400. The zero-order chi connectivity index (χ0) is 14.8. The van der Waals surface area contributed by atoms with Gasteiger partial charge in [0.25, 0.3) is 5.69 Å². The molecule has 9 heteroatoms. The van der Waals surface area contributed by atoms with E-state index in [0.717, 1.165) is 0 Å². The maximum atomic E-state index is 11.8. The quantitative estimate of drug-likeness (QED) is 0.342. The molecule has 106 valence electrons. The zero-order valence-corrected chi connectivity index (χ0v) is 13.5. The standard InChI is InChI=1S/C10H11ClINO5S/c1-2-19(17,18)10(11,12)9(14)7-3-5-8(6-4-7)13(15)16/h3-6,9,14H,2H2,1H3/t9-,10+/m0/s1. The van der Waals surface area contributed by atoms with Crippen LogP contribution in [0.2, 0.25) is 0 Å². The number of aliphatic hydroxyl groups is 1. The summed E-state index contributed by atoms with van der Waals surface area (Å²) < 4.78 is 21.7. The fourth-order valence-electron chi connectivity index (χ4n) is 1.33. The Morgan fingerprint density at radius 1 is 1.47 bits per heavy atom. The maximum absolute atomic E-state index is 11.8. The number of hydrogen-bond donors (Lipinski definition) is 1. The molecule has 1 aromatic carbocycles. The van der Waals surface area contributed by atoms with Gasteiger partial charge in [-0.3, -0.25) is 10.1 Å². The highest BCUT2D eigenvalue weighted by Gasteiger charge is 2.45. The molecule has 0 saturated carbocycles. The van der Waals surface area contributed by atoms with E-state index in [-0.39, 0.29) is 17.0 Å². The molecule has 0 aromatic heterocycles. The van der Waals surface area contributed by atoms with Crippen molar-refractivity contribution in [3.63, 3.8) is 0 Å². The van der Waals surface area contributed by atoms with Crippen molar-refractivity contribution in [2.45, 2.75) is 15.2 Å². The van der Waals surface area contributed by atoms with Crippen molar-refractivity contribution in [3.05, 3.63) is 39.9 Å². The summed E-state index contributed by atoms with van der Waals surface area (Å²) in [6.07, 6.45) is -1.49. The lowest BCUT2D eigenvalue weighted by atomic mass is 10.1. The Morgan fingerprint density at radius 2 is 1.95 bits per heavy atom. The highest BCUT2D eigenvalue weighted by Crippen LogP contribution is 2.43. The number of hydrogen-bond acceptors (Lipinski definition) is 5. The third-order valence-electron chi connectivity index (χ3n) is 2.53. The molecule has 0 fully saturated rings. The van der Waals surface area contributed by atoms with Crippen LogP contribution in [0.4, 0.5) is 5.69 Å². The minimum Gasteiger partial charge on any atom is -0.385 e. The van der Waals surface area contributed by atoms with Crippen molar-refractivity contribution in [1.82, 2.24) is 0 Å². The van der Waals surface area contributed by atoms with Crippen molar-refractivity contribution >= 4 is 49.7 Å². The SMILES string of the molecule is CCS(=O)(=O)[C@](Cl)(I)[C@@H](O)c1ccc([N+](=O)[O-])cc1. The van der Waals surface area contributed by atoms with Gasteiger partial charge < -0.3 is 5.11 Å². The van der Waals surface area contributed by atoms with Crippen LogP contribution in [0.1, 0.15) is 18.6 Å². The van der Waals surface area contributed by atoms with Crippen LogP contribution in [0.3, 0.4) is 0 Å². The summed E-state index contributed by atoms with van der Waals surface area (Å²) in [6.45, 7) is 1.42. The van der Waals surface area contributed by atoms with Gasteiger partial charge in [-0.25, -0.2) is 8.42 Å². The van der Waals surface area contributed by atoms with Crippen LogP contribution < -0.4 is 0 Å². The molecule has 1 N–H and O–H groups in total. The molecule has 0 aliphatic rings. The highest BCUT2D eigenvalue weighted by atomic mass is 127. The molecule has 0 radical (unpaired) electrons. The molecular weight excluding hydrogens is 409 g/mol. The van der Waals surface area contributed by atoms with Gasteiger partial charge in [0, 0.05) is 12.1 Å². The van der Waals surface area contributed by atoms with Crippen LogP contribution in [-0.4, -0.2) is 26.4 Å². The van der Waals surface area contributed by atoms with E-state index >= 15 is 0 Å². The van der Waals surface area contributed by atoms with Gasteiger partial charge in [0.05, 0.1) is 10.7 Å². The molecule has 0 spiro atoms. The van der Waals surface area contributed by atoms with Crippen LogP contribution in [0.5, 0.6) is 0 Å². The van der Waals surface area contributed by atoms with E-state index in [1.807, 2.05) is 0 Å². The number of nitro benzene ring substituents is 1. The van der Waals surface area contributed by atoms with Gasteiger partial charge in [-0.05, 0) is 40.3 Å². The fourth-order valence-corrected chi connectivity index (χ4v) is 3.94. The molecule has 0 amide bonds. The first-order chi connectivity index (χ1) is 8.63. The van der Waals surface area contributed by atoms with Crippen molar-refractivity contribution in [3.8, 4) is 0 Å². The Hall–Kier alpha value is -0.450. The van der Waals surface area contributed by atoms with E-state index in [2.05, 4.69) is 0 Å². The number of non-ortho nitro benzene ring substituents is 1. The van der Waals surface area contributed by atoms with Crippen LogP contribution in [0, 0.1) is 10.1 Å². The zero-order valence-electron chi connectivity index (χ0n) is 9.79. The number of sulfone groups is 1. The largest absolute Gasteiger partial charge is 0.385 e. The van der Waals surface area contributed by atoms with Gasteiger partial charge >= 0.3 is 0 Å². The molecule has 2 atom stereocenters. The molecule has 0 aliphatic carbocycles. The third-order valence-corrected chi connectivity index (χ3v) is 7.86. The molecule has 19 heavy (non-hydrogen) atoms. The molecule has 0 bridgehead atoms. The van der Waals surface area contributed by atoms with Crippen molar-refractivity contribution in [2.24, 2.45) is 0 Å². The van der Waals surface area contributed by atoms with Crippen LogP contribution >= 0.6 is 34.2 Å². The first-order valence-corrected chi connectivity index (χ1v) is 8.27. The lowest BCUT2D eigenvalue weighted by Gasteiger charge is -2.25. The van der Waals surface area contributed by atoms with Gasteiger partial charge in [0.15, 0.2) is 9.84 Å². The molecule has 0 aliphatic heterocycles. The Labute approximate surface area is 129 Å². The second-order valence-corrected chi connectivity index (χ2v) is 10.1. The van der Waals surface area contributed by atoms with Gasteiger partial charge in [-0.15, -0.1) is 0 Å². The van der Waals surface area contributed by atoms with E-state index < -0.39 is 23.1 Å². The minimum absolute atomic E-state index is 0.150.